The number of aliphatic carboxylic acids is 1. The van der Waals surface area contributed by atoms with E-state index >= 15 is 0 Å². The van der Waals surface area contributed by atoms with Gasteiger partial charge < -0.3 is 19.6 Å². The molecule has 6 aliphatic rings. The number of esters is 1. The highest BCUT2D eigenvalue weighted by molar-refractivity contribution is 5.81. The van der Waals surface area contributed by atoms with E-state index in [1.54, 1.807) is 13.8 Å². The van der Waals surface area contributed by atoms with Gasteiger partial charge in [0.2, 0.25) is 5.91 Å². The lowest BCUT2D eigenvalue weighted by molar-refractivity contribution is -0.250. The highest BCUT2D eigenvalue weighted by Crippen LogP contribution is 2.78. The van der Waals surface area contributed by atoms with Crippen LogP contribution < -0.4 is 0 Å². The van der Waals surface area contributed by atoms with E-state index in [0.29, 0.717) is 41.5 Å². The normalized spacial score (nSPS) is 41.9. The molecule has 6 rings (SSSR count). The number of ether oxygens (including phenoxy) is 1. The number of fused-ring (bicyclic) bond motifs is 7. The van der Waals surface area contributed by atoms with E-state index in [1.165, 1.54) is 44.1 Å². The van der Waals surface area contributed by atoms with Crippen molar-refractivity contribution in [1.82, 2.24) is 9.80 Å². The molecule has 0 unspecified atom stereocenters. The Hall–Kier alpha value is -1.89. The van der Waals surface area contributed by atoms with Crippen LogP contribution in [0.2, 0.25) is 0 Å². The smallest absolute Gasteiger partial charge is 0.309 e. The zero-order valence-electron chi connectivity index (χ0n) is 35.5. The molecule has 7 nitrogen and oxygen atoms in total. The number of carboxylic acids is 1. The minimum absolute atomic E-state index is 0.0800. The van der Waals surface area contributed by atoms with Crippen LogP contribution in [0.15, 0.2) is 12.2 Å². The summed E-state index contributed by atoms with van der Waals surface area (Å²) in [7, 11) is 0. The Kier molecular flexibility index (Phi) is 11.0. The highest BCUT2D eigenvalue weighted by Gasteiger charge is 2.71. The van der Waals surface area contributed by atoms with Gasteiger partial charge in [-0.1, -0.05) is 60.6 Å². The first-order valence-electron chi connectivity index (χ1n) is 21.8. The van der Waals surface area contributed by atoms with Crippen LogP contribution in [0.3, 0.4) is 0 Å². The van der Waals surface area contributed by atoms with Gasteiger partial charge in [-0.2, -0.15) is 0 Å². The fraction of sp³-hybridized carbons (Fsp3) is 0.891. The molecule has 0 aromatic heterocycles. The molecule has 1 amide bonds. The third-order valence-corrected chi connectivity index (χ3v) is 18.2. The summed E-state index contributed by atoms with van der Waals surface area (Å²) in [6.45, 7) is 31.1. The average Bonchev–Trinajstić information content (AvgIpc) is 3.70. The summed E-state index contributed by atoms with van der Waals surface area (Å²) in [5, 5.41) is 9.63. The quantitative estimate of drug-likeness (QED) is 0.168. The van der Waals surface area contributed by atoms with Crippen molar-refractivity contribution in [2.24, 2.45) is 62.1 Å². The van der Waals surface area contributed by atoms with Crippen molar-refractivity contribution < 1.29 is 24.2 Å². The van der Waals surface area contributed by atoms with Crippen LogP contribution in [0, 0.1) is 62.1 Å². The Bertz CT molecular complexity index is 1430. The van der Waals surface area contributed by atoms with Crippen LogP contribution in [0.5, 0.6) is 0 Å². The molecule has 11 atom stereocenters. The molecule has 1 heterocycles. The SMILES string of the molecule is C=C(C)[C@@H]1CC[C@]2(CC(=O)N3CCC[C@@H]3CN(CC)CC)CC[C@]3(C)[C@H](CC[C@@H]4[C@@]5(C)CC[C@H](OC(=O)CC(C)(C)C(=O)O)C(C)(C)[C@@H]5CC[C@]43C)[C@@H]12. The van der Waals surface area contributed by atoms with Gasteiger partial charge in [0, 0.05) is 31.0 Å². The number of nitrogens with zero attached hydrogens (tertiary/aromatic N) is 2. The second-order valence-electron chi connectivity index (χ2n) is 21.3. The predicted octanol–water partition coefficient (Wildman–Crippen LogP) is 9.78. The molecule has 0 aromatic carbocycles. The third kappa shape index (κ3) is 6.55. The molecule has 300 valence electrons. The van der Waals surface area contributed by atoms with Crippen molar-refractivity contribution in [3.8, 4) is 0 Å². The second-order valence-corrected chi connectivity index (χ2v) is 21.3. The monoisotopic (exact) mass is 737 g/mol. The molecular formula is C46H76N2O5. The standard InChI is InChI=1S/C46H76N2O5/c1-12-47(13-2)29-31-15-14-26-48(31)37(49)27-46-23-18-32(30(3)4)39(46)33-16-17-35-43(9)21-20-36(53-38(50)28-41(5,6)40(51)52)42(7,8)34(43)19-22-45(35,11)44(33,10)24-25-46/h31-36,39H,3,12-29H2,1-2,4-11H3,(H,51,52)/t31-,32+,33-,34+,35-,36+,39-,43+,44-,45-,46-/m1/s1. The number of hydrogen-bond acceptors (Lipinski definition) is 5. The van der Waals surface area contributed by atoms with Crippen LogP contribution in [-0.4, -0.2) is 71.1 Å². The Morgan fingerprint density at radius 2 is 1.57 bits per heavy atom. The van der Waals surface area contributed by atoms with E-state index in [9.17, 15) is 19.5 Å². The van der Waals surface area contributed by atoms with Crippen LogP contribution in [-0.2, 0) is 19.1 Å². The summed E-state index contributed by atoms with van der Waals surface area (Å²) < 4.78 is 6.21. The summed E-state index contributed by atoms with van der Waals surface area (Å²) in [6, 6.07) is 0.356. The third-order valence-electron chi connectivity index (χ3n) is 18.2. The number of carbonyl (C=O) groups is 3. The van der Waals surface area contributed by atoms with Gasteiger partial charge in [0.1, 0.15) is 6.10 Å². The summed E-state index contributed by atoms with van der Waals surface area (Å²) in [5.41, 5.74) is 0.641. The molecule has 1 aliphatic heterocycles. The Morgan fingerprint density at radius 1 is 0.868 bits per heavy atom. The van der Waals surface area contributed by atoms with E-state index in [2.05, 4.69) is 71.8 Å². The zero-order chi connectivity index (χ0) is 38.9. The van der Waals surface area contributed by atoms with Crippen LogP contribution in [0.25, 0.3) is 0 Å². The van der Waals surface area contributed by atoms with Crippen LogP contribution in [0.1, 0.15) is 159 Å². The van der Waals surface area contributed by atoms with Gasteiger partial charge in [-0.15, -0.1) is 0 Å². The fourth-order valence-corrected chi connectivity index (χ4v) is 14.9. The van der Waals surface area contributed by atoms with Crippen LogP contribution >= 0.6 is 0 Å². The molecule has 1 saturated heterocycles. The van der Waals surface area contributed by atoms with E-state index < -0.39 is 11.4 Å². The number of hydrogen-bond donors (Lipinski definition) is 1. The van der Waals surface area contributed by atoms with Gasteiger partial charge >= 0.3 is 11.9 Å². The maximum absolute atomic E-state index is 14.5. The van der Waals surface area contributed by atoms with Gasteiger partial charge in [0.25, 0.3) is 0 Å². The van der Waals surface area contributed by atoms with Gasteiger partial charge in [-0.3, -0.25) is 14.4 Å². The van der Waals surface area contributed by atoms with E-state index in [4.69, 9.17) is 4.74 Å². The number of carbonyl (C=O) groups excluding carboxylic acids is 2. The largest absolute Gasteiger partial charge is 0.481 e. The molecule has 5 aliphatic carbocycles. The van der Waals surface area contributed by atoms with Crippen molar-refractivity contribution in [3.05, 3.63) is 12.2 Å². The minimum Gasteiger partial charge on any atom is -0.481 e. The van der Waals surface area contributed by atoms with Crippen molar-refractivity contribution in [2.45, 2.75) is 171 Å². The van der Waals surface area contributed by atoms with Crippen LogP contribution in [0.4, 0.5) is 0 Å². The Morgan fingerprint density at radius 3 is 2.21 bits per heavy atom. The number of likely N-dealkylation sites (N-methyl/N-ethyl adjacent to an activating group) is 1. The minimum atomic E-state index is -1.14. The summed E-state index contributed by atoms with van der Waals surface area (Å²) in [5.74, 6) is 1.73. The van der Waals surface area contributed by atoms with Crippen molar-refractivity contribution >= 4 is 17.8 Å². The van der Waals surface area contributed by atoms with Gasteiger partial charge in [0.05, 0.1) is 11.8 Å². The molecule has 5 saturated carbocycles. The summed E-state index contributed by atoms with van der Waals surface area (Å²) in [6.07, 6.45) is 14.1. The van der Waals surface area contributed by atoms with Crippen molar-refractivity contribution in [1.29, 1.82) is 0 Å². The van der Waals surface area contributed by atoms with E-state index in [-0.39, 0.29) is 45.6 Å². The van der Waals surface area contributed by atoms with Crippen molar-refractivity contribution in [2.75, 3.05) is 26.2 Å². The fourth-order valence-electron chi connectivity index (χ4n) is 14.9. The Balaban J connectivity index is 1.23. The summed E-state index contributed by atoms with van der Waals surface area (Å²) in [4.78, 5) is 44.2. The molecular weight excluding hydrogens is 661 g/mol. The summed E-state index contributed by atoms with van der Waals surface area (Å²) >= 11 is 0. The number of allylic oxidation sites excluding steroid dienone is 1. The first kappa shape index (κ1) is 40.8. The molecule has 53 heavy (non-hydrogen) atoms. The first-order chi connectivity index (χ1) is 24.7. The average molecular weight is 737 g/mol. The number of likely N-dealkylation sites (tertiary alicyclic amines) is 1. The molecule has 1 N–H and O–H groups in total. The lowest BCUT2D eigenvalue weighted by atomic mass is 9.32. The maximum Gasteiger partial charge on any atom is 0.309 e. The second kappa shape index (κ2) is 14.2. The van der Waals surface area contributed by atoms with Crippen molar-refractivity contribution in [3.63, 3.8) is 0 Å². The molecule has 0 bridgehead atoms. The highest BCUT2D eigenvalue weighted by atomic mass is 16.5. The van der Waals surface area contributed by atoms with Gasteiger partial charge in [-0.25, -0.2) is 0 Å². The maximum atomic E-state index is 14.5. The van der Waals surface area contributed by atoms with Gasteiger partial charge in [-0.05, 0) is 162 Å². The van der Waals surface area contributed by atoms with Gasteiger partial charge in [0.15, 0.2) is 0 Å². The lowest BCUT2D eigenvalue weighted by Gasteiger charge is -2.73. The molecule has 0 spiro atoms. The molecule has 0 radical (unpaired) electrons. The van der Waals surface area contributed by atoms with E-state index in [0.717, 1.165) is 71.1 Å². The number of rotatable bonds is 11. The first-order valence-corrected chi connectivity index (χ1v) is 21.8. The molecule has 6 fully saturated rings. The predicted molar refractivity (Wildman–Crippen MR) is 212 cm³/mol. The molecule has 0 aromatic rings. The number of amides is 1. The lowest BCUT2D eigenvalue weighted by Crippen LogP contribution is -2.67. The Labute approximate surface area is 322 Å². The molecule has 7 heteroatoms. The topological polar surface area (TPSA) is 87.2 Å². The number of carboxylic acid groups (broad SMARTS) is 1. The van der Waals surface area contributed by atoms with E-state index in [1.807, 2.05) is 0 Å². The zero-order valence-corrected chi connectivity index (χ0v) is 35.5.